The fraction of sp³-hybridized carbons (Fsp3) is 0.435. The van der Waals surface area contributed by atoms with Crippen molar-refractivity contribution in [2.75, 3.05) is 31.0 Å². The molecular weight excluding hydrogens is 400 g/mol. The number of carbonyl (C=O) groups excluding carboxylic acids is 1. The molecule has 0 aliphatic heterocycles. The number of methoxy groups -OCH3 is 1. The summed E-state index contributed by atoms with van der Waals surface area (Å²) >= 11 is 0. The molecule has 6 nitrogen and oxygen atoms in total. The van der Waals surface area contributed by atoms with Crippen LogP contribution in [0.2, 0.25) is 0 Å². The van der Waals surface area contributed by atoms with Gasteiger partial charge >= 0.3 is 0 Å². The van der Waals surface area contributed by atoms with Gasteiger partial charge in [0, 0.05) is 13.1 Å². The van der Waals surface area contributed by atoms with Crippen molar-refractivity contribution in [1.29, 1.82) is 0 Å². The Morgan fingerprint density at radius 3 is 2.03 bits per heavy atom. The molecule has 0 spiro atoms. The van der Waals surface area contributed by atoms with Crippen molar-refractivity contribution in [3.8, 4) is 5.75 Å². The van der Waals surface area contributed by atoms with Crippen molar-refractivity contribution >= 4 is 21.6 Å². The van der Waals surface area contributed by atoms with Gasteiger partial charge < -0.3 is 9.64 Å². The van der Waals surface area contributed by atoms with Crippen molar-refractivity contribution in [1.82, 2.24) is 4.90 Å². The van der Waals surface area contributed by atoms with E-state index in [1.165, 1.54) is 7.11 Å². The molecule has 0 unspecified atom stereocenters. The molecular formula is C23H32N2O4S. The molecule has 7 heteroatoms. The van der Waals surface area contributed by atoms with Crippen LogP contribution in [0.3, 0.4) is 0 Å². The average molecular weight is 433 g/mol. The molecule has 2 rings (SSSR count). The normalized spacial score (nSPS) is 11.8. The highest BCUT2D eigenvalue weighted by atomic mass is 32.2. The monoisotopic (exact) mass is 432 g/mol. The zero-order valence-electron chi connectivity index (χ0n) is 18.7. The lowest BCUT2D eigenvalue weighted by atomic mass is 9.87. The van der Waals surface area contributed by atoms with Gasteiger partial charge in [-0.1, -0.05) is 45.0 Å². The summed E-state index contributed by atoms with van der Waals surface area (Å²) in [7, 11) is -2.51. The Labute approximate surface area is 180 Å². The lowest BCUT2D eigenvalue weighted by molar-refractivity contribution is -0.129. The molecule has 0 aliphatic rings. The van der Waals surface area contributed by atoms with Gasteiger partial charge in [0.15, 0.2) is 0 Å². The minimum Gasteiger partial charge on any atom is -0.495 e. The number of likely N-dealkylation sites (N-methyl/N-ethyl adjacent to an activating group) is 1. The lowest BCUT2D eigenvalue weighted by Gasteiger charge is -2.28. The summed E-state index contributed by atoms with van der Waals surface area (Å²) in [5.74, 6) is 0.125. The summed E-state index contributed by atoms with van der Waals surface area (Å²) in [5, 5.41) is 0. The molecule has 0 N–H and O–H groups in total. The molecule has 1 amide bonds. The molecule has 0 heterocycles. The Hall–Kier alpha value is -2.54. The Kier molecular flexibility index (Phi) is 7.53. The molecule has 30 heavy (non-hydrogen) atoms. The third-order valence-electron chi connectivity index (χ3n) is 5.06. The predicted octanol–water partition coefficient (Wildman–Crippen LogP) is 4.06. The van der Waals surface area contributed by atoms with Crippen LogP contribution in [0.4, 0.5) is 5.69 Å². The smallest absolute Gasteiger partial charge is 0.264 e. The second kappa shape index (κ2) is 9.51. The fourth-order valence-electron chi connectivity index (χ4n) is 3.19. The summed E-state index contributed by atoms with van der Waals surface area (Å²) in [5.41, 5.74) is 1.27. The Bertz CT molecular complexity index is 959. The van der Waals surface area contributed by atoms with E-state index in [1.54, 1.807) is 41.3 Å². The molecule has 0 fully saturated rings. The number of ether oxygens (including phenoxy) is 1. The summed E-state index contributed by atoms with van der Waals surface area (Å²) in [6, 6.07) is 13.7. The first-order valence-corrected chi connectivity index (χ1v) is 11.5. The Morgan fingerprint density at radius 2 is 1.53 bits per heavy atom. The highest BCUT2D eigenvalue weighted by Crippen LogP contribution is 2.33. The molecule has 164 valence electrons. The van der Waals surface area contributed by atoms with Crippen molar-refractivity contribution in [2.24, 2.45) is 0 Å². The van der Waals surface area contributed by atoms with Crippen LogP contribution < -0.4 is 9.04 Å². The van der Waals surface area contributed by atoms with Gasteiger partial charge in [-0.15, -0.1) is 0 Å². The number of hydrogen-bond acceptors (Lipinski definition) is 4. The van der Waals surface area contributed by atoms with E-state index in [0.717, 1.165) is 9.87 Å². The molecule has 0 aromatic heterocycles. The minimum atomic E-state index is -3.99. The van der Waals surface area contributed by atoms with Crippen molar-refractivity contribution in [2.45, 2.75) is 44.9 Å². The van der Waals surface area contributed by atoms with E-state index in [4.69, 9.17) is 4.74 Å². The Balaban J connectivity index is 2.56. The summed E-state index contributed by atoms with van der Waals surface area (Å²) in [4.78, 5) is 14.6. The minimum absolute atomic E-state index is 0.0939. The highest BCUT2D eigenvalue weighted by Gasteiger charge is 2.30. The van der Waals surface area contributed by atoms with E-state index >= 15 is 0 Å². The maximum atomic E-state index is 13.6. The summed E-state index contributed by atoms with van der Waals surface area (Å²) < 4.78 is 33.7. The van der Waals surface area contributed by atoms with Gasteiger partial charge in [-0.3, -0.25) is 9.10 Å². The number of carbonyl (C=O) groups is 1. The van der Waals surface area contributed by atoms with Crippen LogP contribution in [-0.4, -0.2) is 46.0 Å². The van der Waals surface area contributed by atoms with Gasteiger partial charge in [0.05, 0.1) is 17.7 Å². The van der Waals surface area contributed by atoms with Crippen molar-refractivity contribution in [3.63, 3.8) is 0 Å². The first-order valence-electron chi connectivity index (χ1n) is 10.1. The van der Waals surface area contributed by atoms with Crippen molar-refractivity contribution in [3.05, 3.63) is 54.1 Å². The number of para-hydroxylation sites is 2. The summed E-state index contributed by atoms with van der Waals surface area (Å²) in [6.07, 6.45) is 0. The second-order valence-electron chi connectivity index (χ2n) is 8.02. The maximum absolute atomic E-state index is 13.6. The number of sulfonamides is 1. The van der Waals surface area contributed by atoms with Crippen LogP contribution in [0.5, 0.6) is 5.75 Å². The molecule has 2 aromatic carbocycles. The van der Waals surface area contributed by atoms with Gasteiger partial charge in [0.2, 0.25) is 5.91 Å². The van der Waals surface area contributed by atoms with Crippen LogP contribution in [0.1, 0.15) is 40.2 Å². The van der Waals surface area contributed by atoms with E-state index in [0.29, 0.717) is 24.5 Å². The van der Waals surface area contributed by atoms with Gasteiger partial charge in [-0.05, 0) is 49.1 Å². The standard InChI is InChI=1S/C23H32N2O4S/c1-7-24(8-2)22(26)17-25(20-11-9-10-12-21(20)29-6)30(27,28)19-15-13-18(14-16-19)23(3,4)5/h9-16H,7-8,17H2,1-6H3. The maximum Gasteiger partial charge on any atom is 0.264 e. The van der Waals surface area contributed by atoms with Crippen LogP contribution in [-0.2, 0) is 20.2 Å². The quantitative estimate of drug-likeness (QED) is 0.631. The van der Waals surface area contributed by atoms with Crippen molar-refractivity contribution < 1.29 is 17.9 Å². The third kappa shape index (κ3) is 5.14. The van der Waals surface area contributed by atoms with Gasteiger partial charge in [-0.2, -0.15) is 0 Å². The highest BCUT2D eigenvalue weighted by molar-refractivity contribution is 7.92. The molecule has 0 bridgehead atoms. The molecule has 0 atom stereocenters. The molecule has 0 radical (unpaired) electrons. The number of hydrogen-bond donors (Lipinski definition) is 0. The van der Waals surface area contributed by atoms with E-state index in [9.17, 15) is 13.2 Å². The molecule has 0 saturated carbocycles. The zero-order chi connectivity index (χ0) is 22.5. The van der Waals surface area contributed by atoms with Crippen LogP contribution >= 0.6 is 0 Å². The van der Waals surface area contributed by atoms with E-state index in [-0.39, 0.29) is 22.8 Å². The second-order valence-corrected chi connectivity index (χ2v) is 9.89. The number of nitrogens with zero attached hydrogens (tertiary/aromatic N) is 2. The average Bonchev–Trinajstić information content (AvgIpc) is 2.72. The van der Waals surface area contributed by atoms with E-state index in [1.807, 2.05) is 26.0 Å². The van der Waals surface area contributed by atoms with Crippen LogP contribution in [0.15, 0.2) is 53.4 Å². The van der Waals surface area contributed by atoms with Crippen LogP contribution in [0.25, 0.3) is 0 Å². The fourth-order valence-corrected chi connectivity index (χ4v) is 4.61. The van der Waals surface area contributed by atoms with Gasteiger partial charge in [0.25, 0.3) is 10.0 Å². The lowest BCUT2D eigenvalue weighted by Crippen LogP contribution is -2.43. The van der Waals surface area contributed by atoms with Gasteiger partial charge in [-0.25, -0.2) is 8.42 Å². The topological polar surface area (TPSA) is 66.9 Å². The third-order valence-corrected chi connectivity index (χ3v) is 6.83. The van der Waals surface area contributed by atoms with Gasteiger partial charge in [0.1, 0.15) is 12.3 Å². The Morgan fingerprint density at radius 1 is 0.967 bits per heavy atom. The first kappa shape index (κ1) is 23.7. The number of benzene rings is 2. The number of amides is 1. The zero-order valence-corrected chi connectivity index (χ0v) is 19.5. The number of rotatable bonds is 8. The van der Waals surface area contributed by atoms with E-state index in [2.05, 4.69) is 20.8 Å². The summed E-state index contributed by atoms with van der Waals surface area (Å²) in [6.45, 7) is 10.7. The molecule has 0 aliphatic carbocycles. The van der Waals surface area contributed by atoms with Crippen LogP contribution in [0, 0.1) is 0 Å². The molecule has 0 saturated heterocycles. The van der Waals surface area contributed by atoms with E-state index < -0.39 is 10.0 Å². The predicted molar refractivity (Wildman–Crippen MR) is 121 cm³/mol. The number of anilines is 1. The SMILES string of the molecule is CCN(CC)C(=O)CN(c1ccccc1OC)S(=O)(=O)c1ccc(C(C)(C)C)cc1. The molecule has 2 aromatic rings. The first-order chi connectivity index (χ1) is 14.1. The largest absolute Gasteiger partial charge is 0.495 e.